The number of rotatable bonds is 12. The molecule has 0 radical (unpaired) electrons. The largest absolute Gasteiger partial charge is 0.466 e. The molecule has 4 N–H and O–H groups in total. The third-order valence-corrected chi connectivity index (χ3v) is 5.15. The van der Waals surface area contributed by atoms with Gasteiger partial charge in [0.1, 0.15) is 0 Å². The number of ether oxygens (including phenoxy) is 1. The van der Waals surface area contributed by atoms with Gasteiger partial charge >= 0.3 is 5.97 Å². The summed E-state index contributed by atoms with van der Waals surface area (Å²) in [5.41, 5.74) is 6.98. The second-order valence-electron chi connectivity index (χ2n) is 8.00. The highest BCUT2D eigenvalue weighted by Crippen LogP contribution is 2.10. The molecular weight excluding hydrogens is 480 g/mol. The number of nitrogens with one attached hydrogen (secondary N) is 4. The van der Waals surface area contributed by atoms with Crippen molar-refractivity contribution >= 4 is 46.7 Å². The van der Waals surface area contributed by atoms with E-state index in [2.05, 4.69) is 21.5 Å². The molecule has 9 nitrogen and oxygen atoms in total. The smallest absolute Gasteiger partial charge is 0.305 e. The Morgan fingerprint density at radius 2 is 1.56 bits per heavy atom. The van der Waals surface area contributed by atoms with Crippen molar-refractivity contribution < 1.29 is 23.9 Å². The van der Waals surface area contributed by atoms with Crippen molar-refractivity contribution in [3.8, 4) is 0 Å². The maximum Gasteiger partial charge on any atom is 0.305 e. The van der Waals surface area contributed by atoms with Gasteiger partial charge in [0, 0.05) is 30.5 Å². The van der Waals surface area contributed by atoms with E-state index in [1.54, 1.807) is 24.3 Å². The lowest BCUT2D eigenvalue weighted by molar-refractivity contribution is -0.143. The predicted molar refractivity (Wildman–Crippen MR) is 141 cm³/mol. The summed E-state index contributed by atoms with van der Waals surface area (Å²) < 4.78 is 5.19. The van der Waals surface area contributed by atoms with Crippen molar-refractivity contribution in [2.45, 2.75) is 51.9 Å². The molecule has 0 fully saturated rings. The van der Waals surface area contributed by atoms with Crippen molar-refractivity contribution in [2.24, 2.45) is 0 Å². The normalized spacial score (nSPS) is 10.1. The van der Waals surface area contributed by atoms with Gasteiger partial charge in [0.2, 0.25) is 11.8 Å². The Hall–Kier alpha value is -3.79. The van der Waals surface area contributed by atoms with Crippen LogP contribution in [0.2, 0.25) is 0 Å². The van der Waals surface area contributed by atoms with Gasteiger partial charge in [-0.3, -0.25) is 30.0 Å². The highest BCUT2D eigenvalue weighted by Gasteiger charge is 2.10. The molecule has 0 aromatic heterocycles. The number of benzene rings is 2. The van der Waals surface area contributed by atoms with Crippen LogP contribution in [0.25, 0.3) is 0 Å². The zero-order valence-corrected chi connectivity index (χ0v) is 21.1. The summed E-state index contributed by atoms with van der Waals surface area (Å²) in [5.74, 6) is -1.29. The predicted octanol–water partition coefficient (Wildman–Crippen LogP) is 3.41. The molecule has 36 heavy (non-hydrogen) atoms. The van der Waals surface area contributed by atoms with Crippen LogP contribution in [-0.4, -0.2) is 35.4 Å². The third-order valence-electron chi connectivity index (χ3n) is 4.95. The molecular formula is C26H32N4O5S. The minimum atomic E-state index is -0.465. The van der Waals surface area contributed by atoms with E-state index in [4.69, 9.17) is 17.0 Å². The molecule has 10 heteroatoms. The van der Waals surface area contributed by atoms with Crippen LogP contribution < -0.4 is 21.5 Å². The van der Waals surface area contributed by atoms with Crippen molar-refractivity contribution in [2.75, 3.05) is 11.9 Å². The zero-order valence-electron chi connectivity index (χ0n) is 20.3. The zero-order chi connectivity index (χ0) is 26.2. The molecule has 0 aliphatic carbocycles. The Labute approximate surface area is 216 Å². The third kappa shape index (κ3) is 11.6. The molecule has 2 aromatic rings. The van der Waals surface area contributed by atoms with Crippen LogP contribution in [0, 0.1) is 0 Å². The molecule has 0 aliphatic rings. The van der Waals surface area contributed by atoms with Gasteiger partial charge in [-0.05, 0) is 67.7 Å². The van der Waals surface area contributed by atoms with Crippen molar-refractivity contribution in [1.82, 2.24) is 16.2 Å². The molecule has 2 aromatic carbocycles. The van der Waals surface area contributed by atoms with E-state index in [9.17, 15) is 19.2 Å². The first kappa shape index (κ1) is 28.4. The van der Waals surface area contributed by atoms with Crippen molar-refractivity contribution in [3.63, 3.8) is 0 Å². The number of thiocarbonyl (C=S) groups is 1. The molecule has 2 rings (SSSR count). The Bertz CT molecular complexity index is 1030. The molecule has 0 saturated heterocycles. The number of esters is 1. The highest BCUT2D eigenvalue weighted by molar-refractivity contribution is 7.80. The van der Waals surface area contributed by atoms with E-state index >= 15 is 0 Å². The number of amides is 3. The highest BCUT2D eigenvalue weighted by atomic mass is 32.1. The molecule has 192 valence electrons. The second kappa shape index (κ2) is 16.0. The standard InChI is InChI=1S/C26H32N4O5S/c1-2-8-22(31)27-21-16-14-20(15-17-21)25(34)29-30-26(36)28-23(32)12-6-13-24(33)35-18-7-11-19-9-4-3-5-10-19/h3-5,9-10,14-17H,2,6-8,11-13,18H2,1H3,(H,27,31)(H,29,34)(H2,28,30,32,36). The Kier molecular flexibility index (Phi) is 12.6. The lowest BCUT2D eigenvalue weighted by atomic mass is 10.1. The van der Waals surface area contributed by atoms with Gasteiger partial charge in [-0.25, -0.2) is 0 Å². The fourth-order valence-electron chi connectivity index (χ4n) is 3.13. The number of carbonyl (C=O) groups is 4. The summed E-state index contributed by atoms with van der Waals surface area (Å²) in [4.78, 5) is 47.7. The fourth-order valence-corrected chi connectivity index (χ4v) is 3.30. The summed E-state index contributed by atoms with van der Waals surface area (Å²) in [7, 11) is 0. The molecule has 0 unspecified atom stereocenters. The van der Waals surface area contributed by atoms with Gasteiger partial charge in [0.25, 0.3) is 5.91 Å². The summed E-state index contributed by atoms with van der Waals surface area (Å²) in [6.45, 7) is 2.25. The van der Waals surface area contributed by atoms with Gasteiger partial charge in [0.15, 0.2) is 5.11 Å². The van der Waals surface area contributed by atoms with E-state index in [1.807, 2.05) is 37.3 Å². The molecule has 0 aliphatic heterocycles. The topological polar surface area (TPSA) is 126 Å². The van der Waals surface area contributed by atoms with E-state index in [0.29, 0.717) is 30.7 Å². The summed E-state index contributed by atoms with van der Waals surface area (Å²) in [6, 6.07) is 16.3. The molecule has 3 amide bonds. The first-order chi connectivity index (χ1) is 17.4. The Morgan fingerprint density at radius 3 is 2.25 bits per heavy atom. The number of hydrogen-bond donors (Lipinski definition) is 4. The van der Waals surface area contributed by atoms with Gasteiger partial charge < -0.3 is 15.4 Å². The quantitative estimate of drug-likeness (QED) is 0.149. The average Bonchev–Trinajstić information content (AvgIpc) is 2.86. The van der Waals surface area contributed by atoms with Crippen LogP contribution in [0.3, 0.4) is 0 Å². The maximum atomic E-state index is 12.2. The van der Waals surface area contributed by atoms with Gasteiger partial charge in [-0.1, -0.05) is 37.3 Å². The second-order valence-corrected chi connectivity index (χ2v) is 8.40. The number of aryl methyl sites for hydroxylation is 1. The first-order valence-electron chi connectivity index (χ1n) is 11.9. The molecule has 0 heterocycles. The van der Waals surface area contributed by atoms with Crippen LogP contribution in [0.15, 0.2) is 54.6 Å². The first-order valence-corrected chi connectivity index (χ1v) is 12.3. The number of hydrogen-bond acceptors (Lipinski definition) is 6. The van der Waals surface area contributed by atoms with Crippen LogP contribution in [0.4, 0.5) is 5.69 Å². The number of carbonyl (C=O) groups excluding carboxylic acids is 4. The SMILES string of the molecule is CCCC(=O)Nc1ccc(C(=O)NNC(=S)NC(=O)CCCC(=O)OCCCc2ccccc2)cc1. The maximum absolute atomic E-state index is 12.2. The summed E-state index contributed by atoms with van der Waals surface area (Å²) in [6.07, 6.45) is 3.27. The lowest BCUT2D eigenvalue weighted by Crippen LogP contribution is -2.48. The van der Waals surface area contributed by atoms with E-state index in [1.165, 1.54) is 5.56 Å². The monoisotopic (exact) mass is 512 g/mol. The van der Waals surface area contributed by atoms with Crippen LogP contribution >= 0.6 is 12.2 Å². The van der Waals surface area contributed by atoms with Crippen LogP contribution in [-0.2, 0) is 25.5 Å². The van der Waals surface area contributed by atoms with Gasteiger partial charge in [-0.2, -0.15) is 0 Å². The van der Waals surface area contributed by atoms with Crippen molar-refractivity contribution in [1.29, 1.82) is 0 Å². The van der Waals surface area contributed by atoms with Crippen molar-refractivity contribution in [3.05, 3.63) is 65.7 Å². The van der Waals surface area contributed by atoms with Crippen LogP contribution in [0.5, 0.6) is 0 Å². The Morgan fingerprint density at radius 1 is 0.833 bits per heavy atom. The van der Waals surface area contributed by atoms with Gasteiger partial charge in [-0.15, -0.1) is 0 Å². The minimum absolute atomic E-state index is 0.0692. The fraction of sp³-hybridized carbons (Fsp3) is 0.346. The van der Waals surface area contributed by atoms with E-state index in [-0.39, 0.29) is 35.7 Å². The minimum Gasteiger partial charge on any atom is -0.466 e. The summed E-state index contributed by atoms with van der Waals surface area (Å²) in [5, 5.41) is 5.11. The van der Waals surface area contributed by atoms with E-state index in [0.717, 1.165) is 19.3 Å². The average molecular weight is 513 g/mol. The molecule has 0 saturated carbocycles. The van der Waals surface area contributed by atoms with Gasteiger partial charge in [0.05, 0.1) is 6.61 Å². The molecule has 0 spiro atoms. The molecule has 0 atom stereocenters. The number of anilines is 1. The van der Waals surface area contributed by atoms with Crippen LogP contribution in [0.1, 0.15) is 61.4 Å². The Balaban J connectivity index is 1.57. The summed E-state index contributed by atoms with van der Waals surface area (Å²) >= 11 is 5.01. The van der Waals surface area contributed by atoms with E-state index < -0.39 is 5.91 Å². The molecule has 0 bridgehead atoms. The number of hydrazine groups is 1. The lowest BCUT2D eigenvalue weighted by Gasteiger charge is -2.11.